The average Bonchev–Trinajstić information content (AvgIpc) is 2.81. The van der Waals surface area contributed by atoms with E-state index in [0.717, 1.165) is 6.16 Å². The SMILES string of the molecule is C/C=C\c1cc(C[PH](c2ccccc2)(c2ccccc2)c2ccccc2)ccc1C. The van der Waals surface area contributed by atoms with Gasteiger partial charge >= 0.3 is 181 Å². The molecule has 0 aliphatic heterocycles. The molecule has 0 unspecified atom stereocenters. The second-order valence-corrected chi connectivity index (χ2v) is 11.8. The second-order valence-electron chi connectivity index (χ2n) is 7.87. The number of aryl methyl sites for hydroxylation is 1. The topological polar surface area (TPSA) is 0 Å². The molecular formula is C29H29P. The number of hydrogen-bond acceptors (Lipinski definition) is 0. The number of benzene rings is 4. The predicted molar refractivity (Wildman–Crippen MR) is 136 cm³/mol. The molecule has 0 nitrogen and oxygen atoms in total. The molecule has 0 amide bonds. The van der Waals surface area contributed by atoms with E-state index in [4.69, 9.17) is 0 Å². The normalized spacial score (nSPS) is 12.2. The Kier molecular flexibility index (Phi) is 6.26. The first kappa shape index (κ1) is 20.3. The Morgan fingerprint density at radius 2 is 1.10 bits per heavy atom. The fraction of sp³-hybridized carbons (Fsp3) is 0.103. The summed E-state index contributed by atoms with van der Waals surface area (Å²) in [7, 11) is -2.25. The number of rotatable bonds is 6. The summed E-state index contributed by atoms with van der Waals surface area (Å²) in [5.74, 6) is 0. The maximum atomic E-state index is 2.38. The van der Waals surface area contributed by atoms with Crippen LogP contribution in [-0.2, 0) is 6.16 Å². The molecule has 0 N–H and O–H groups in total. The van der Waals surface area contributed by atoms with E-state index in [-0.39, 0.29) is 0 Å². The Morgan fingerprint density at radius 1 is 0.633 bits per heavy atom. The third-order valence-electron chi connectivity index (χ3n) is 5.96. The maximum absolute atomic E-state index is 2.38. The standard InChI is InChI=1S/C29H29P/c1-3-13-26-22-25(21-20-24(26)2)23-30(27-14-7-4-8-15-27,28-16-9-5-10-17-28)29-18-11-6-12-19-29/h3-22,30H,23H2,1-2H3/b13-3-. The van der Waals surface area contributed by atoms with Gasteiger partial charge in [0.15, 0.2) is 0 Å². The molecule has 0 heterocycles. The molecule has 4 aromatic carbocycles. The quantitative estimate of drug-likeness (QED) is 0.331. The zero-order valence-corrected chi connectivity index (χ0v) is 18.8. The van der Waals surface area contributed by atoms with Crippen molar-refractivity contribution in [1.29, 1.82) is 0 Å². The summed E-state index contributed by atoms with van der Waals surface area (Å²) in [5.41, 5.74) is 4.03. The van der Waals surface area contributed by atoms with Crippen molar-refractivity contribution in [2.45, 2.75) is 20.0 Å². The zero-order valence-electron chi connectivity index (χ0n) is 17.8. The molecule has 0 aromatic heterocycles. The molecule has 150 valence electrons. The van der Waals surface area contributed by atoms with Gasteiger partial charge in [-0.15, -0.1) is 0 Å². The van der Waals surface area contributed by atoms with Crippen molar-refractivity contribution in [1.82, 2.24) is 0 Å². The van der Waals surface area contributed by atoms with Crippen LogP contribution in [0.25, 0.3) is 6.08 Å². The molecule has 0 bridgehead atoms. The summed E-state index contributed by atoms with van der Waals surface area (Å²) in [6.07, 6.45) is 5.38. The Morgan fingerprint density at radius 3 is 1.53 bits per heavy atom. The first-order chi connectivity index (χ1) is 14.7. The van der Waals surface area contributed by atoms with Crippen molar-refractivity contribution in [2.75, 3.05) is 0 Å². The van der Waals surface area contributed by atoms with Gasteiger partial charge in [0, 0.05) is 0 Å². The van der Waals surface area contributed by atoms with Gasteiger partial charge in [-0.2, -0.15) is 0 Å². The first-order valence-electron chi connectivity index (χ1n) is 10.6. The van der Waals surface area contributed by atoms with Crippen LogP contribution >= 0.6 is 7.26 Å². The Labute approximate surface area is 181 Å². The zero-order chi connectivity index (χ0) is 20.8. The van der Waals surface area contributed by atoms with Crippen molar-refractivity contribution in [2.24, 2.45) is 0 Å². The molecule has 4 aromatic rings. The Bertz CT molecular complexity index is 1020. The van der Waals surface area contributed by atoms with Crippen LogP contribution in [0.2, 0.25) is 0 Å². The fourth-order valence-corrected chi connectivity index (χ4v) is 9.17. The van der Waals surface area contributed by atoms with Gasteiger partial charge in [0.25, 0.3) is 0 Å². The predicted octanol–water partition coefficient (Wildman–Crippen LogP) is 6.25. The van der Waals surface area contributed by atoms with Crippen LogP contribution in [0.15, 0.2) is 115 Å². The molecule has 4 rings (SSSR count). The van der Waals surface area contributed by atoms with Gasteiger partial charge in [-0.05, 0) is 0 Å². The van der Waals surface area contributed by atoms with Gasteiger partial charge in [-0.3, -0.25) is 0 Å². The van der Waals surface area contributed by atoms with Crippen LogP contribution in [0.1, 0.15) is 23.6 Å². The molecule has 1 heteroatoms. The third kappa shape index (κ3) is 4.02. The van der Waals surface area contributed by atoms with E-state index < -0.39 is 7.26 Å². The van der Waals surface area contributed by atoms with Crippen LogP contribution in [0.5, 0.6) is 0 Å². The van der Waals surface area contributed by atoms with E-state index >= 15 is 0 Å². The second kappa shape index (κ2) is 9.24. The van der Waals surface area contributed by atoms with Crippen molar-refractivity contribution in [3.63, 3.8) is 0 Å². The van der Waals surface area contributed by atoms with Gasteiger partial charge in [-0.1, -0.05) is 0 Å². The summed E-state index contributed by atoms with van der Waals surface area (Å²) in [5, 5.41) is 4.36. The van der Waals surface area contributed by atoms with Crippen LogP contribution < -0.4 is 15.9 Å². The van der Waals surface area contributed by atoms with Crippen LogP contribution in [-0.4, -0.2) is 0 Å². The van der Waals surface area contributed by atoms with E-state index in [0.29, 0.717) is 0 Å². The summed E-state index contributed by atoms with van der Waals surface area (Å²) >= 11 is 0. The van der Waals surface area contributed by atoms with Crippen molar-refractivity contribution in [3.05, 3.63) is 132 Å². The van der Waals surface area contributed by atoms with Crippen molar-refractivity contribution >= 4 is 29.3 Å². The van der Waals surface area contributed by atoms with E-state index in [9.17, 15) is 0 Å². The molecule has 0 fully saturated rings. The molecule has 0 saturated heterocycles. The Hall–Kier alpha value is -2.95. The fourth-order valence-electron chi connectivity index (χ4n) is 4.44. The van der Waals surface area contributed by atoms with E-state index in [1.54, 1.807) is 0 Å². The third-order valence-corrected chi connectivity index (χ3v) is 10.9. The minimum absolute atomic E-state index is 1.04. The van der Waals surface area contributed by atoms with Gasteiger partial charge < -0.3 is 0 Å². The summed E-state index contributed by atoms with van der Waals surface area (Å²) < 4.78 is 0. The van der Waals surface area contributed by atoms with Gasteiger partial charge in [0.1, 0.15) is 0 Å². The number of allylic oxidation sites excluding steroid dienone is 1. The molecule has 0 radical (unpaired) electrons. The van der Waals surface area contributed by atoms with Crippen LogP contribution in [0, 0.1) is 6.92 Å². The molecule has 0 spiro atoms. The van der Waals surface area contributed by atoms with Crippen LogP contribution in [0.3, 0.4) is 0 Å². The summed E-state index contributed by atoms with van der Waals surface area (Å²) in [4.78, 5) is 0. The summed E-state index contributed by atoms with van der Waals surface area (Å²) in [6, 6.07) is 40.4. The van der Waals surface area contributed by atoms with Crippen molar-refractivity contribution in [3.8, 4) is 0 Å². The molecule has 0 atom stereocenters. The molecule has 0 aliphatic carbocycles. The summed E-state index contributed by atoms with van der Waals surface area (Å²) in [6.45, 7) is 4.28. The van der Waals surface area contributed by atoms with Gasteiger partial charge in [-0.25, -0.2) is 0 Å². The van der Waals surface area contributed by atoms with E-state index in [1.807, 2.05) is 0 Å². The Balaban J connectivity index is 1.97. The van der Waals surface area contributed by atoms with Gasteiger partial charge in [0.05, 0.1) is 0 Å². The van der Waals surface area contributed by atoms with E-state index in [2.05, 4.69) is 135 Å². The number of hydrogen-bond donors (Lipinski definition) is 0. The van der Waals surface area contributed by atoms with Crippen LogP contribution in [0.4, 0.5) is 0 Å². The van der Waals surface area contributed by atoms with Crippen molar-refractivity contribution < 1.29 is 0 Å². The minimum atomic E-state index is -2.25. The molecule has 30 heavy (non-hydrogen) atoms. The molecular weight excluding hydrogens is 379 g/mol. The molecule has 0 saturated carbocycles. The van der Waals surface area contributed by atoms with Gasteiger partial charge in [0.2, 0.25) is 0 Å². The first-order valence-corrected chi connectivity index (χ1v) is 12.8. The monoisotopic (exact) mass is 408 g/mol. The van der Waals surface area contributed by atoms with E-state index in [1.165, 1.54) is 32.6 Å². The molecule has 0 aliphatic rings. The average molecular weight is 409 g/mol.